The predicted octanol–water partition coefficient (Wildman–Crippen LogP) is 3.35. The summed E-state index contributed by atoms with van der Waals surface area (Å²) in [6.07, 6.45) is 5.64. The van der Waals surface area contributed by atoms with Gasteiger partial charge in [-0.15, -0.1) is 0 Å². The maximum Gasteiger partial charge on any atom is 0.0595 e. The summed E-state index contributed by atoms with van der Waals surface area (Å²) in [5.74, 6) is 5.66. The summed E-state index contributed by atoms with van der Waals surface area (Å²) in [4.78, 5) is 0. The van der Waals surface area contributed by atoms with E-state index in [1.54, 1.807) is 6.07 Å². The molecule has 108 valence electrons. The molecule has 0 bridgehead atoms. The van der Waals surface area contributed by atoms with E-state index in [4.69, 9.17) is 29.0 Å². The van der Waals surface area contributed by atoms with Crippen molar-refractivity contribution in [3.8, 4) is 0 Å². The van der Waals surface area contributed by atoms with Crippen LogP contribution in [0.4, 0.5) is 0 Å². The lowest BCUT2D eigenvalue weighted by atomic mass is 10.0. The average molecular weight is 313 g/mol. The smallest absolute Gasteiger partial charge is 0.0595 e. The van der Waals surface area contributed by atoms with E-state index in [-0.39, 0.29) is 6.04 Å². The van der Waals surface area contributed by atoms with Crippen LogP contribution in [0.15, 0.2) is 30.6 Å². The number of rotatable bonds is 6. The number of aromatic nitrogens is 2. The molecular formula is C14H18Cl2N4. The van der Waals surface area contributed by atoms with Gasteiger partial charge in [-0.05, 0) is 30.5 Å². The van der Waals surface area contributed by atoms with Gasteiger partial charge in [0, 0.05) is 18.3 Å². The van der Waals surface area contributed by atoms with E-state index in [2.05, 4.69) is 17.4 Å². The zero-order chi connectivity index (χ0) is 14.5. The largest absolute Gasteiger partial charge is 0.272 e. The van der Waals surface area contributed by atoms with Crippen molar-refractivity contribution in [3.63, 3.8) is 0 Å². The van der Waals surface area contributed by atoms with Crippen LogP contribution in [0.25, 0.3) is 0 Å². The third kappa shape index (κ3) is 3.73. The summed E-state index contributed by atoms with van der Waals surface area (Å²) in [7, 11) is 0. The van der Waals surface area contributed by atoms with Crippen LogP contribution < -0.4 is 11.3 Å². The Bertz CT molecular complexity index is 568. The van der Waals surface area contributed by atoms with Gasteiger partial charge in [0.25, 0.3) is 0 Å². The van der Waals surface area contributed by atoms with Gasteiger partial charge in [-0.1, -0.05) is 36.2 Å². The highest BCUT2D eigenvalue weighted by Gasteiger charge is 2.13. The summed E-state index contributed by atoms with van der Waals surface area (Å²) in [5, 5.41) is 5.44. The molecular weight excluding hydrogens is 295 g/mol. The van der Waals surface area contributed by atoms with E-state index in [1.807, 2.05) is 29.2 Å². The van der Waals surface area contributed by atoms with Crippen molar-refractivity contribution in [2.45, 2.75) is 32.4 Å². The number of hydrogen-bond acceptors (Lipinski definition) is 3. The Morgan fingerprint density at radius 3 is 2.80 bits per heavy atom. The van der Waals surface area contributed by atoms with E-state index >= 15 is 0 Å². The van der Waals surface area contributed by atoms with Crippen LogP contribution in [0.5, 0.6) is 0 Å². The fraction of sp³-hybridized carbons (Fsp3) is 0.357. The van der Waals surface area contributed by atoms with Crippen LogP contribution >= 0.6 is 23.2 Å². The highest BCUT2D eigenvalue weighted by Crippen LogP contribution is 2.25. The van der Waals surface area contributed by atoms with Gasteiger partial charge in [-0.25, -0.2) is 0 Å². The van der Waals surface area contributed by atoms with E-state index in [9.17, 15) is 0 Å². The Morgan fingerprint density at radius 1 is 1.35 bits per heavy atom. The normalized spacial score (nSPS) is 12.6. The molecule has 0 aliphatic heterocycles. The molecule has 1 unspecified atom stereocenters. The van der Waals surface area contributed by atoms with Gasteiger partial charge in [-0.2, -0.15) is 5.10 Å². The van der Waals surface area contributed by atoms with Gasteiger partial charge in [0.2, 0.25) is 0 Å². The van der Waals surface area contributed by atoms with Crippen LogP contribution in [0.1, 0.15) is 30.5 Å². The van der Waals surface area contributed by atoms with Crippen LogP contribution in [0.2, 0.25) is 10.0 Å². The summed E-state index contributed by atoms with van der Waals surface area (Å²) >= 11 is 12.0. The monoisotopic (exact) mass is 312 g/mol. The lowest BCUT2D eigenvalue weighted by Gasteiger charge is -2.14. The minimum Gasteiger partial charge on any atom is -0.272 e. The number of benzene rings is 1. The molecule has 4 nitrogen and oxygen atoms in total. The van der Waals surface area contributed by atoms with Crippen molar-refractivity contribution in [1.29, 1.82) is 0 Å². The Morgan fingerprint density at radius 2 is 2.15 bits per heavy atom. The minimum absolute atomic E-state index is 0.00199. The van der Waals surface area contributed by atoms with Gasteiger partial charge in [0.05, 0.1) is 22.3 Å². The van der Waals surface area contributed by atoms with Crippen LogP contribution in [0.3, 0.4) is 0 Å². The van der Waals surface area contributed by atoms with Crippen molar-refractivity contribution in [2.24, 2.45) is 5.84 Å². The second-order valence-electron chi connectivity index (χ2n) is 4.71. The maximum absolute atomic E-state index is 6.03. The second-order valence-corrected chi connectivity index (χ2v) is 5.52. The lowest BCUT2D eigenvalue weighted by Crippen LogP contribution is -2.29. The van der Waals surface area contributed by atoms with Gasteiger partial charge in [-0.3, -0.25) is 16.0 Å². The highest BCUT2D eigenvalue weighted by molar-refractivity contribution is 6.42. The number of nitrogens with two attached hydrogens (primary N) is 1. The molecule has 3 N–H and O–H groups in total. The van der Waals surface area contributed by atoms with Crippen molar-refractivity contribution in [1.82, 2.24) is 15.2 Å². The SMILES string of the molecule is CCCn1cc(C(Cc2ccc(Cl)c(Cl)c2)NN)cn1. The molecule has 1 aromatic carbocycles. The summed E-state index contributed by atoms with van der Waals surface area (Å²) < 4.78 is 1.93. The molecule has 0 radical (unpaired) electrons. The first-order valence-corrected chi connectivity index (χ1v) is 7.32. The lowest BCUT2D eigenvalue weighted by molar-refractivity contribution is 0.549. The quantitative estimate of drug-likeness (QED) is 0.635. The highest BCUT2D eigenvalue weighted by atomic mass is 35.5. The zero-order valence-electron chi connectivity index (χ0n) is 11.3. The average Bonchev–Trinajstić information content (AvgIpc) is 2.89. The van der Waals surface area contributed by atoms with Crippen molar-refractivity contribution < 1.29 is 0 Å². The molecule has 0 aliphatic carbocycles. The molecule has 20 heavy (non-hydrogen) atoms. The number of halogens is 2. The third-order valence-electron chi connectivity index (χ3n) is 3.13. The third-order valence-corrected chi connectivity index (χ3v) is 3.87. The van der Waals surface area contributed by atoms with Gasteiger partial charge in [0.1, 0.15) is 0 Å². The molecule has 2 rings (SSSR count). The molecule has 6 heteroatoms. The number of nitrogens with zero attached hydrogens (tertiary/aromatic N) is 2. The predicted molar refractivity (Wildman–Crippen MR) is 82.7 cm³/mol. The Labute approximate surface area is 128 Å². The molecule has 2 aromatic rings. The van der Waals surface area contributed by atoms with Crippen LogP contribution in [-0.2, 0) is 13.0 Å². The Balaban J connectivity index is 2.12. The van der Waals surface area contributed by atoms with E-state index in [0.29, 0.717) is 10.0 Å². The topological polar surface area (TPSA) is 55.9 Å². The molecule has 1 atom stereocenters. The van der Waals surface area contributed by atoms with E-state index in [1.165, 1.54) is 0 Å². The van der Waals surface area contributed by atoms with Crippen LogP contribution in [0, 0.1) is 0 Å². The van der Waals surface area contributed by atoms with Crippen molar-refractivity contribution in [3.05, 3.63) is 51.8 Å². The first-order valence-electron chi connectivity index (χ1n) is 6.56. The molecule has 0 aliphatic rings. The molecule has 0 fully saturated rings. The van der Waals surface area contributed by atoms with Crippen molar-refractivity contribution >= 4 is 23.2 Å². The summed E-state index contributed by atoms with van der Waals surface area (Å²) in [6, 6.07) is 5.62. The minimum atomic E-state index is -0.00199. The zero-order valence-corrected chi connectivity index (χ0v) is 12.8. The van der Waals surface area contributed by atoms with E-state index in [0.717, 1.165) is 30.5 Å². The summed E-state index contributed by atoms with van der Waals surface area (Å²) in [5.41, 5.74) is 4.96. The van der Waals surface area contributed by atoms with E-state index < -0.39 is 0 Å². The first-order chi connectivity index (χ1) is 9.63. The Kier molecular flexibility index (Phi) is 5.43. The number of aryl methyl sites for hydroxylation is 1. The molecule has 1 heterocycles. The van der Waals surface area contributed by atoms with Gasteiger partial charge >= 0.3 is 0 Å². The first kappa shape index (κ1) is 15.3. The van der Waals surface area contributed by atoms with Gasteiger partial charge in [0.15, 0.2) is 0 Å². The molecule has 0 amide bonds. The second kappa shape index (κ2) is 7.09. The number of hydrazine groups is 1. The van der Waals surface area contributed by atoms with Gasteiger partial charge < -0.3 is 0 Å². The van der Waals surface area contributed by atoms with Crippen LogP contribution in [-0.4, -0.2) is 9.78 Å². The fourth-order valence-corrected chi connectivity index (χ4v) is 2.41. The van der Waals surface area contributed by atoms with Crippen molar-refractivity contribution in [2.75, 3.05) is 0 Å². The Hall–Kier alpha value is -1.07. The maximum atomic E-state index is 6.03. The number of hydrogen-bond donors (Lipinski definition) is 2. The fourth-order valence-electron chi connectivity index (χ4n) is 2.09. The molecule has 0 spiro atoms. The standard InChI is InChI=1S/C14H18Cl2N4/c1-2-5-20-9-11(8-18-20)14(19-17)7-10-3-4-12(15)13(16)6-10/h3-4,6,8-9,14,19H,2,5,7,17H2,1H3. The number of nitrogens with one attached hydrogen (secondary N) is 1. The molecule has 1 aromatic heterocycles. The summed E-state index contributed by atoms with van der Waals surface area (Å²) in [6.45, 7) is 3.03. The molecule has 0 saturated carbocycles. The molecule has 0 saturated heterocycles.